The van der Waals surface area contributed by atoms with E-state index in [0.29, 0.717) is 6.47 Å². The number of hydrogen-bond acceptors (Lipinski definition) is 2. The van der Waals surface area contributed by atoms with Gasteiger partial charge < -0.3 is 4.74 Å². The molecule has 0 N–H and O–H groups in total. The van der Waals surface area contributed by atoms with Crippen LogP contribution in [0.5, 0.6) is 0 Å². The van der Waals surface area contributed by atoms with Gasteiger partial charge in [-0.3, -0.25) is 4.79 Å². The topological polar surface area (TPSA) is 26.3 Å². The van der Waals surface area contributed by atoms with Gasteiger partial charge in [-0.25, -0.2) is 0 Å². The maximum absolute atomic E-state index is 10.7. The molecule has 0 radical (unpaired) electrons. The van der Waals surface area contributed by atoms with Gasteiger partial charge in [0.2, 0.25) is 0 Å². The van der Waals surface area contributed by atoms with E-state index in [1.54, 1.807) is 0 Å². The average molecular weight is 341 g/mol. The molecule has 0 heterocycles. The molecule has 0 aliphatic carbocycles. The molecule has 0 bridgehead atoms. The van der Waals surface area contributed by atoms with Gasteiger partial charge in [0, 0.05) is 0 Å². The Morgan fingerprint density at radius 3 is 1.25 bits per heavy atom. The second-order valence-electron chi connectivity index (χ2n) is 7.38. The Labute approximate surface area is 152 Å². The largest absolute Gasteiger partial charge is 0.465 e. The summed E-state index contributed by atoms with van der Waals surface area (Å²) in [5.74, 6) is 0. The molecule has 0 aliphatic rings. The molecule has 0 saturated carbocycles. The molecule has 0 aromatic heterocycles. The normalized spacial score (nSPS) is 11.1. The number of ether oxygens (including phenoxy) is 1. The molecule has 2 heteroatoms. The van der Waals surface area contributed by atoms with E-state index >= 15 is 0 Å². The van der Waals surface area contributed by atoms with Crippen molar-refractivity contribution in [1.29, 1.82) is 0 Å². The van der Waals surface area contributed by atoms with Gasteiger partial charge in [0.15, 0.2) is 0 Å². The number of unbranched alkanes of at least 4 members (excludes halogenated alkanes) is 14. The van der Waals surface area contributed by atoms with Crippen molar-refractivity contribution in [2.75, 3.05) is 0 Å². The maximum Gasteiger partial charge on any atom is 0.293 e. The summed E-state index contributed by atoms with van der Waals surface area (Å²) >= 11 is 0. The molecule has 0 amide bonds. The Hall–Kier alpha value is -0.530. The van der Waals surface area contributed by atoms with Gasteiger partial charge in [-0.2, -0.15) is 0 Å². The summed E-state index contributed by atoms with van der Waals surface area (Å²) in [6.45, 7) is 5.18. The Morgan fingerprint density at radius 2 is 0.917 bits per heavy atom. The minimum absolute atomic E-state index is 0.169. The molecule has 0 aromatic rings. The number of carbonyl (C=O) groups excluding carboxylic acids is 1. The van der Waals surface area contributed by atoms with Crippen LogP contribution in [0.15, 0.2) is 0 Å². The first-order valence-corrected chi connectivity index (χ1v) is 10.9. The lowest BCUT2D eigenvalue weighted by molar-refractivity contribution is -0.134. The van der Waals surface area contributed by atoms with Crippen molar-refractivity contribution < 1.29 is 9.53 Å². The fourth-order valence-corrected chi connectivity index (χ4v) is 3.37. The summed E-state index contributed by atoms with van der Waals surface area (Å²) in [6.07, 6.45) is 23.7. The first-order chi connectivity index (χ1) is 11.8. The molecule has 0 aliphatic heterocycles. The Morgan fingerprint density at radius 1 is 0.583 bits per heavy atom. The van der Waals surface area contributed by atoms with Crippen LogP contribution < -0.4 is 0 Å². The first kappa shape index (κ1) is 23.5. The van der Waals surface area contributed by atoms with Crippen molar-refractivity contribution in [3.63, 3.8) is 0 Å². The quantitative estimate of drug-likeness (QED) is 0.168. The van der Waals surface area contributed by atoms with E-state index in [4.69, 9.17) is 4.74 Å². The first-order valence-electron chi connectivity index (χ1n) is 10.9. The van der Waals surface area contributed by atoms with Gasteiger partial charge in [-0.1, -0.05) is 104 Å². The van der Waals surface area contributed by atoms with Crippen LogP contribution in [0.1, 0.15) is 129 Å². The van der Waals surface area contributed by atoms with Gasteiger partial charge in [0.1, 0.15) is 6.10 Å². The van der Waals surface area contributed by atoms with Gasteiger partial charge in [-0.15, -0.1) is 0 Å². The molecular formula is C22H44O2. The second kappa shape index (κ2) is 20.5. The summed E-state index contributed by atoms with van der Waals surface area (Å²) in [5, 5.41) is 0. The van der Waals surface area contributed by atoms with E-state index < -0.39 is 0 Å². The van der Waals surface area contributed by atoms with Gasteiger partial charge in [-0.05, 0) is 25.7 Å². The summed E-state index contributed by atoms with van der Waals surface area (Å²) in [7, 11) is 0. The van der Waals surface area contributed by atoms with Gasteiger partial charge >= 0.3 is 0 Å². The number of carbonyl (C=O) groups is 1. The zero-order valence-corrected chi connectivity index (χ0v) is 16.7. The molecule has 0 saturated heterocycles. The molecule has 0 fully saturated rings. The summed E-state index contributed by atoms with van der Waals surface area (Å²) in [4.78, 5) is 10.7. The van der Waals surface area contributed by atoms with Crippen LogP contribution in [0, 0.1) is 0 Å². The molecule has 2 nitrogen and oxygen atoms in total. The third kappa shape index (κ3) is 17.8. The lowest BCUT2D eigenvalue weighted by atomic mass is 10.0. The van der Waals surface area contributed by atoms with E-state index in [-0.39, 0.29) is 6.10 Å². The molecule has 0 unspecified atom stereocenters. The zero-order valence-electron chi connectivity index (χ0n) is 16.7. The van der Waals surface area contributed by atoms with Crippen LogP contribution in [0.2, 0.25) is 0 Å². The smallest absolute Gasteiger partial charge is 0.293 e. The number of hydrogen-bond donors (Lipinski definition) is 0. The lowest BCUT2D eigenvalue weighted by Crippen LogP contribution is -2.12. The molecule has 0 atom stereocenters. The van der Waals surface area contributed by atoms with Crippen LogP contribution in [-0.4, -0.2) is 12.6 Å². The second-order valence-corrected chi connectivity index (χ2v) is 7.38. The lowest BCUT2D eigenvalue weighted by Gasteiger charge is -2.15. The number of rotatable bonds is 20. The highest BCUT2D eigenvalue weighted by Gasteiger charge is 2.08. The van der Waals surface area contributed by atoms with Crippen molar-refractivity contribution in [3.8, 4) is 0 Å². The highest BCUT2D eigenvalue weighted by Crippen LogP contribution is 2.16. The Balaban J connectivity index is 3.45. The van der Waals surface area contributed by atoms with Crippen LogP contribution in [-0.2, 0) is 9.53 Å². The zero-order chi connectivity index (χ0) is 17.7. The van der Waals surface area contributed by atoms with Crippen molar-refractivity contribution in [1.82, 2.24) is 0 Å². The fourth-order valence-electron chi connectivity index (χ4n) is 3.37. The Kier molecular flexibility index (Phi) is 20.1. The van der Waals surface area contributed by atoms with E-state index in [2.05, 4.69) is 13.8 Å². The van der Waals surface area contributed by atoms with E-state index in [0.717, 1.165) is 12.8 Å². The third-order valence-electron chi connectivity index (χ3n) is 5.01. The molecule has 0 rings (SSSR count). The van der Waals surface area contributed by atoms with Crippen molar-refractivity contribution in [2.45, 2.75) is 136 Å². The van der Waals surface area contributed by atoms with Crippen LogP contribution >= 0.6 is 0 Å². The molecular weight excluding hydrogens is 296 g/mol. The van der Waals surface area contributed by atoms with Crippen LogP contribution in [0.25, 0.3) is 0 Å². The predicted molar refractivity (Wildman–Crippen MR) is 105 cm³/mol. The van der Waals surface area contributed by atoms with Crippen LogP contribution in [0.3, 0.4) is 0 Å². The highest BCUT2D eigenvalue weighted by atomic mass is 16.5. The van der Waals surface area contributed by atoms with Crippen molar-refractivity contribution >= 4 is 6.47 Å². The van der Waals surface area contributed by atoms with Crippen molar-refractivity contribution in [3.05, 3.63) is 0 Å². The van der Waals surface area contributed by atoms with Gasteiger partial charge in [0.25, 0.3) is 6.47 Å². The molecule has 144 valence electrons. The standard InChI is InChI=1S/C22H44O2/c1-3-5-7-9-11-13-15-17-19-22(24-21-23)20-18-16-14-12-10-8-6-4-2/h21-22H,3-20H2,1-2H3. The maximum atomic E-state index is 10.7. The third-order valence-corrected chi connectivity index (χ3v) is 5.01. The molecule has 0 spiro atoms. The van der Waals surface area contributed by atoms with Gasteiger partial charge in [0.05, 0.1) is 0 Å². The minimum atomic E-state index is 0.169. The fraction of sp³-hybridized carbons (Fsp3) is 0.955. The van der Waals surface area contributed by atoms with Crippen molar-refractivity contribution in [2.24, 2.45) is 0 Å². The molecule has 0 aromatic carbocycles. The minimum Gasteiger partial charge on any atom is -0.465 e. The van der Waals surface area contributed by atoms with E-state index in [9.17, 15) is 4.79 Å². The highest BCUT2D eigenvalue weighted by molar-refractivity contribution is 5.37. The predicted octanol–water partition coefficient (Wildman–Crippen LogP) is 7.59. The molecule has 24 heavy (non-hydrogen) atoms. The summed E-state index contributed by atoms with van der Waals surface area (Å²) in [5.41, 5.74) is 0. The van der Waals surface area contributed by atoms with Crippen LogP contribution in [0.4, 0.5) is 0 Å². The van der Waals surface area contributed by atoms with E-state index in [1.165, 1.54) is 103 Å². The Bertz CT molecular complexity index is 220. The average Bonchev–Trinajstić information content (AvgIpc) is 2.59. The SMILES string of the molecule is CCCCCCCCCCC(CCCCCCCCCC)OC=O. The summed E-state index contributed by atoms with van der Waals surface area (Å²) in [6, 6.07) is 0. The monoisotopic (exact) mass is 340 g/mol. The summed E-state index contributed by atoms with van der Waals surface area (Å²) < 4.78 is 5.28. The van der Waals surface area contributed by atoms with E-state index in [1.807, 2.05) is 0 Å².